The number of hydrogen-bond donors (Lipinski definition) is 1. The van der Waals surface area contributed by atoms with Crippen LogP contribution < -0.4 is 5.32 Å². The van der Waals surface area contributed by atoms with Crippen LogP contribution in [0.3, 0.4) is 0 Å². The summed E-state index contributed by atoms with van der Waals surface area (Å²) in [4.78, 5) is 24.3. The Kier molecular flexibility index (Phi) is 4.84. The van der Waals surface area contributed by atoms with E-state index >= 15 is 0 Å². The molecule has 1 amide bonds. The van der Waals surface area contributed by atoms with Crippen LogP contribution in [0.4, 0.5) is 5.69 Å². The lowest BCUT2D eigenvalue weighted by atomic mass is 10.1. The number of hydrogen-bond acceptors (Lipinski definition) is 5. The molecule has 0 radical (unpaired) electrons. The molecule has 1 aromatic heterocycles. The first-order valence-corrected chi connectivity index (χ1v) is 8.67. The lowest BCUT2D eigenvalue weighted by molar-refractivity contribution is -0.119. The number of rotatable bonds is 5. The molecule has 6 nitrogen and oxygen atoms in total. The number of aromatic nitrogens is 1. The van der Waals surface area contributed by atoms with Gasteiger partial charge in [0.1, 0.15) is 5.52 Å². The normalized spacial score (nSPS) is 10.6. The average Bonchev–Trinajstić information content (AvgIpc) is 3.16. The summed E-state index contributed by atoms with van der Waals surface area (Å²) in [5, 5.41) is 7.39. The Morgan fingerprint density at radius 3 is 2.39 bits per heavy atom. The van der Waals surface area contributed by atoms with E-state index < -0.39 is 11.9 Å². The maximum atomic E-state index is 12.4. The van der Waals surface area contributed by atoms with Crippen LogP contribution in [0, 0.1) is 0 Å². The van der Waals surface area contributed by atoms with Gasteiger partial charge in [0.15, 0.2) is 12.4 Å². The Labute approximate surface area is 160 Å². The van der Waals surface area contributed by atoms with Crippen molar-refractivity contribution in [1.82, 2.24) is 5.16 Å². The topological polar surface area (TPSA) is 81.4 Å². The summed E-state index contributed by atoms with van der Waals surface area (Å²) in [6, 6.07) is 23.4. The maximum absolute atomic E-state index is 12.4. The molecule has 0 aliphatic rings. The second-order valence-electron chi connectivity index (χ2n) is 6.10. The third-order valence-electron chi connectivity index (χ3n) is 4.14. The Morgan fingerprint density at radius 1 is 0.929 bits per heavy atom. The van der Waals surface area contributed by atoms with Crippen LogP contribution in [-0.2, 0) is 9.53 Å². The molecule has 0 bridgehead atoms. The van der Waals surface area contributed by atoms with E-state index in [0.29, 0.717) is 27.9 Å². The summed E-state index contributed by atoms with van der Waals surface area (Å²) < 4.78 is 10.6. The van der Waals surface area contributed by atoms with Gasteiger partial charge in [-0.25, -0.2) is 4.79 Å². The first-order chi connectivity index (χ1) is 13.7. The van der Waals surface area contributed by atoms with Crippen molar-refractivity contribution in [3.8, 4) is 11.3 Å². The lowest BCUT2D eigenvalue weighted by Crippen LogP contribution is -2.20. The highest BCUT2D eigenvalue weighted by atomic mass is 16.5. The smallest absolute Gasteiger partial charge is 0.338 e. The fraction of sp³-hybridized carbons (Fsp3) is 0.0455. The summed E-state index contributed by atoms with van der Waals surface area (Å²) in [6.45, 7) is -0.374. The van der Waals surface area contributed by atoms with Crippen molar-refractivity contribution in [2.24, 2.45) is 0 Å². The zero-order valence-corrected chi connectivity index (χ0v) is 14.8. The van der Waals surface area contributed by atoms with Crippen molar-refractivity contribution in [2.45, 2.75) is 0 Å². The average molecular weight is 372 g/mol. The third kappa shape index (κ3) is 3.76. The van der Waals surface area contributed by atoms with E-state index in [1.54, 1.807) is 42.5 Å². The zero-order chi connectivity index (χ0) is 19.3. The quantitative estimate of drug-likeness (QED) is 0.529. The number of carbonyl (C=O) groups excluding carboxylic acids is 2. The standard InChI is InChI=1S/C22H16N2O4/c25-20(23-17-9-5-2-6-10-17)14-27-22(26)16-11-12-19-18(13-16)21(28-24-19)15-7-3-1-4-8-15/h1-13H,14H2,(H,23,25). The van der Waals surface area contributed by atoms with Gasteiger partial charge in [-0.1, -0.05) is 53.7 Å². The van der Waals surface area contributed by atoms with Crippen molar-refractivity contribution in [2.75, 3.05) is 11.9 Å². The van der Waals surface area contributed by atoms with Crippen LogP contribution in [0.5, 0.6) is 0 Å². The molecule has 1 heterocycles. The van der Waals surface area contributed by atoms with Gasteiger partial charge in [-0.3, -0.25) is 4.79 Å². The van der Waals surface area contributed by atoms with Crippen LogP contribution in [0.15, 0.2) is 83.4 Å². The van der Waals surface area contributed by atoms with E-state index in [-0.39, 0.29) is 6.61 Å². The van der Waals surface area contributed by atoms with Crippen LogP contribution in [0.1, 0.15) is 10.4 Å². The van der Waals surface area contributed by atoms with E-state index in [2.05, 4.69) is 10.5 Å². The van der Waals surface area contributed by atoms with E-state index in [1.807, 2.05) is 36.4 Å². The predicted molar refractivity (Wildman–Crippen MR) is 105 cm³/mol. The molecule has 6 heteroatoms. The van der Waals surface area contributed by atoms with Crippen LogP contribution in [0.2, 0.25) is 0 Å². The number of para-hydroxylation sites is 1. The summed E-state index contributed by atoms with van der Waals surface area (Å²) in [7, 11) is 0. The fourth-order valence-electron chi connectivity index (χ4n) is 2.80. The zero-order valence-electron chi connectivity index (χ0n) is 14.8. The third-order valence-corrected chi connectivity index (χ3v) is 4.14. The van der Waals surface area contributed by atoms with E-state index in [0.717, 1.165) is 5.56 Å². The van der Waals surface area contributed by atoms with Crippen molar-refractivity contribution in [3.05, 3.63) is 84.4 Å². The lowest BCUT2D eigenvalue weighted by Gasteiger charge is -2.06. The minimum atomic E-state index is -0.592. The fourth-order valence-corrected chi connectivity index (χ4v) is 2.80. The Morgan fingerprint density at radius 2 is 1.64 bits per heavy atom. The maximum Gasteiger partial charge on any atom is 0.338 e. The molecule has 0 fully saturated rings. The van der Waals surface area contributed by atoms with Gasteiger partial charge in [0, 0.05) is 11.3 Å². The molecule has 0 atom stereocenters. The Balaban J connectivity index is 1.48. The van der Waals surface area contributed by atoms with Crippen LogP contribution in [0.25, 0.3) is 22.2 Å². The molecule has 138 valence electrons. The van der Waals surface area contributed by atoms with Gasteiger partial charge in [-0.15, -0.1) is 0 Å². The van der Waals surface area contributed by atoms with Crippen LogP contribution in [-0.4, -0.2) is 23.6 Å². The van der Waals surface area contributed by atoms with E-state index in [1.165, 1.54) is 0 Å². The number of esters is 1. The minimum Gasteiger partial charge on any atom is -0.452 e. The van der Waals surface area contributed by atoms with Crippen LogP contribution >= 0.6 is 0 Å². The highest BCUT2D eigenvalue weighted by Crippen LogP contribution is 2.29. The predicted octanol–water partition coefficient (Wildman–Crippen LogP) is 4.29. The van der Waals surface area contributed by atoms with Crippen molar-refractivity contribution < 1.29 is 18.8 Å². The molecule has 0 saturated carbocycles. The number of amides is 1. The number of carbonyl (C=O) groups is 2. The molecule has 0 aliphatic carbocycles. The second-order valence-corrected chi connectivity index (χ2v) is 6.10. The number of anilines is 1. The molecular weight excluding hydrogens is 356 g/mol. The summed E-state index contributed by atoms with van der Waals surface area (Å²) >= 11 is 0. The molecular formula is C22H16N2O4. The second kappa shape index (κ2) is 7.75. The number of nitrogens with zero attached hydrogens (tertiary/aromatic N) is 1. The molecule has 0 spiro atoms. The van der Waals surface area contributed by atoms with E-state index in [4.69, 9.17) is 9.26 Å². The molecule has 4 aromatic rings. The summed E-state index contributed by atoms with van der Waals surface area (Å²) in [6.07, 6.45) is 0. The first-order valence-electron chi connectivity index (χ1n) is 8.67. The molecule has 1 N–H and O–H groups in total. The minimum absolute atomic E-state index is 0.320. The van der Waals surface area contributed by atoms with Crippen molar-refractivity contribution in [3.63, 3.8) is 0 Å². The Bertz CT molecular complexity index is 1120. The SMILES string of the molecule is O=C(COC(=O)c1ccc2noc(-c3ccccc3)c2c1)Nc1ccccc1. The molecule has 4 rings (SSSR count). The first kappa shape index (κ1) is 17.5. The molecule has 0 unspecified atom stereocenters. The van der Waals surface area contributed by atoms with Gasteiger partial charge in [-0.2, -0.15) is 0 Å². The Hall–Kier alpha value is -3.93. The van der Waals surface area contributed by atoms with Gasteiger partial charge in [0.05, 0.1) is 10.9 Å². The van der Waals surface area contributed by atoms with Gasteiger partial charge < -0.3 is 14.6 Å². The van der Waals surface area contributed by atoms with Crippen molar-refractivity contribution in [1.29, 1.82) is 0 Å². The van der Waals surface area contributed by atoms with Crippen molar-refractivity contribution >= 4 is 28.5 Å². The molecule has 0 aliphatic heterocycles. The molecule has 3 aromatic carbocycles. The van der Waals surface area contributed by atoms with Gasteiger partial charge in [0.25, 0.3) is 5.91 Å². The summed E-state index contributed by atoms with van der Waals surface area (Å²) in [5.41, 5.74) is 2.46. The highest BCUT2D eigenvalue weighted by molar-refractivity contribution is 6.00. The molecule has 0 saturated heterocycles. The number of ether oxygens (including phenoxy) is 1. The largest absolute Gasteiger partial charge is 0.452 e. The monoisotopic (exact) mass is 372 g/mol. The number of nitrogens with one attached hydrogen (secondary N) is 1. The summed E-state index contributed by atoms with van der Waals surface area (Å²) in [5.74, 6) is -0.423. The number of benzene rings is 3. The number of fused-ring (bicyclic) bond motifs is 1. The van der Waals surface area contributed by atoms with Gasteiger partial charge in [-0.05, 0) is 30.3 Å². The molecule has 28 heavy (non-hydrogen) atoms. The van der Waals surface area contributed by atoms with Gasteiger partial charge in [0.2, 0.25) is 0 Å². The van der Waals surface area contributed by atoms with Gasteiger partial charge >= 0.3 is 5.97 Å². The van der Waals surface area contributed by atoms with E-state index in [9.17, 15) is 9.59 Å². The highest BCUT2D eigenvalue weighted by Gasteiger charge is 2.15.